The summed E-state index contributed by atoms with van der Waals surface area (Å²) in [5, 5.41) is 9.46. The Kier molecular flexibility index (Phi) is 2.49. The van der Waals surface area contributed by atoms with Gasteiger partial charge in [-0.1, -0.05) is 12.1 Å². The number of aliphatic hydroxyl groups is 1. The van der Waals surface area contributed by atoms with Crippen molar-refractivity contribution in [3.63, 3.8) is 0 Å². The lowest BCUT2D eigenvalue weighted by Crippen LogP contribution is -2.31. The minimum atomic E-state index is -0.446. The minimum absolute atomic E-state index is 0.160. The first-order valence-corrected chi connectivity index (χ1v) is 5.17. The van der Waals surface area contributed by atoms with E-state index in [0.717, 1.165) is 23.2 Å². The maximum absolute atomic E-state index is 11.5. The van der Waals surface area contributed by atoms with Crippen LogP contribution in [0.15, 0.2) is 18.2 Å². The lowest BCUT2D eigenvalue weighted by Gasteiger charge is -2.26. The lowest BCUT2D eigenvalue weighted by atomic mass is 9.97. The van der Waals surface area contributed by atoms with Crippen molar-refractivity contribution in [2.45, 2.75) is 25.9 Å². The third-order valence-corrected chi connectivity index (χ3v) is 2.93. The van der Waals surface area contributed by atoms with Crippen LogP contribution < -0.4 is 4.90 Å². The van der Waals surface area contributed by atoms with Crippen molar-refractivity contribution in [2.24, 2.45) is 0 Å². The second kappa shape index (κ2) is 3.66. The number of fused-ring (bicyclic) bond motifs is 1. The van der Waals surface area contributed by atoms with Crippen molar-refractivity contribution >= 4 is 11.6 Å². The third-order valence-electron chi connectivity index (χ3n) is 2.93. The van der Waals surface area contributed by atoms with E-state index in [1.165, 1.54) is 0 Å². The Morgan fingerprint density at radius 3 is 2.80 bits per heavy atom. The molecule has 1 heterocycles. The van der Waals surface area contributed by atoms with Crippen LogP contribution in [0, 0.1) is 0 Å². The molecule has 80 valence electrons. The molecule has 2 rings (SSSR count). The zero-order valence-corrected chi connectivity index (χ0v) is 9.03. The quantitative estimate of drug-likeness (QED) is 0.757. The second-order valence-electron chi connectivity index (χ2n) is 4.02. The van der Waals surface area contributed by atoms with E-state index in [1.807, 2.05) is 18.2 Å². The first-order valence-electron chi connectivity index (χ1n) is 5.17. The number of carbonyl (C=O) groups is 1. The molecule has 0 saturated heterocycles. The summed E-state index contributed by atoms with van der Waals surface area (Å²) in [4.78, 5) is 13.1. The Labute approximate surface area is 89.3 Å². The van der Waals surface area contributed by atoms with E-state index < -0.39 is 6.10 Å². The van der Waals surface area contributed by atoms with Gasteiger partial charge in [0, 0.05) is 19.2 Å². The molecule has 0 unspecified atom stereocenters. The molecule has 0 fully saturated rings. The fourth-order valence-electron chi connectivity index (χ4n) is 1.94. The first kappa shape index (κ1) is 10.2. The Bertz CT molecular complexity index is 399. The van der Waals surface area contributed by atoms with Crippen LogP contribution in [0.3, 0.4) is 0 Å². The molecule has 3 nitrogen and oxygen atoms in total. The van der Waals surface area contributed by atoms with Gasteiger partial charge in [-0.15, -0.1) is 0 Å². The molecule has 1 amide bonds. The van der Waals surface area contributed by atoms with Gasteiger partial charge in [-0.25, -0.2) is 0 Å². The van der Waals surface area contributed by atoms with E-state index in [0.29, 0.717) is 6.42 Å². The van der Waals surface area contributed by atoms with Crippen LogP contribution in [0.4, 0.5) is 5.69 Å². The maximum atomic E-state index is 11.5. The zero-order chi connectivity index (χ0) is 11.0. The van der Waals surface area contributed by atoms with Crippen molar-refractivity contribution in [1.29, 1.82) is 0 Å². The predicted molar refractivity (Wildman–Crippen MR) is 58.8 cm³/mol. The molecule has 0 spiro atoms. The Morgan fingerprint density at radius 1 is 1.40 bits per heavy atom. The summed E-state index contributed by atoms with van der Waals surface area (Å²) >= 11 is 0. The van der Waals surface area contributed by atoms with E-state index in [1.54, 1.807) is 18.9 Å². The highest BCUT2D eigenvalue weighted by Gasteiger charge is 2.21. The van der Waals surface area contributed by atoms with Crippen LogP contribution in [0.1, 0.15) is 30.6 Å². The number of hydrogen-bond donors (Lipinski definition) is 1. The van der Waals surface area contributed by atoms with Crippen molar-refractivity contribution in [3.05, 3.63) is 29.3 Å². The molecule has 1 atom stereocenters. The standard InChI is InChI=1S/C12H15NO2/c1-8(14)9-3-5-11-10(7-9)4-6-12(15)13(11)2/h3,5,7-8,14H,4,6H2,1-2H3/t8-/m1/s1. The first-order chi connectivity index (χ1) is 7.09. The van der Waals surface area contributed by atoms with Gasteiger partial charge in [0.2, 0.25) is 5.91 Å². The molecular formula is C12H15NO2. The number of carbonyl (C=O) groups excluding carboxylic acids is 1. The fourth-order valence-corrected chi connectivity index (χ4v) is 1.94. The van der Waals surface area contributed by atoms with Gasteiger partial charge in [0.05, 0.1) is 6.10 Å². The summed E-state index contributed by atoms with van der Waals surface area (Å²) < 4.78 is 0. The monoisotopic (exact) mass is 205 g/mol. The Hall–Kier alpha value is -1.35. The summed E-state index contributed by atoms with van der Waals surface area (Å²) in [6.07, 6.45) is 0.893. The van der Waals surface area contributed by atoms with E-state index in [2.05, 4.69) is 0 Å². The molecule has 0 bridgehead atoms. The van der Waals surface area contributed by atoms with Crippen LogP contribution in [-0.2, 0) is 11.2 Å². The SMILES string of the molecule is C[C@@H](O)c1ccc2c(c1)CCC(=O)N2C. The summed E-state index contributed by atoms with van der Waals surface area (Å²) in [7, 11) is 1.79. The summed E-state index contributed by atoms with van der Waals surface area (Å²) in [6, 6.07) is 5.77. The number of amides is 1. The van der Waals surface area contributed by atoms with Crippen molar-refractivity contribution in [3.8, 4) is 0 Å². The zero-order valence-electron chi connectivity index (χ0n) is 9.03. The molecule has 15 heavy (non-hydrogen) atoms. The topological polar surface area (TPSA) is 40.5 Å². The molecule has 1 N–H and O–H groups in total. The fraction of sp³-hybridized carbons (Fsp3) is 0.417. The van der Waals surface area contributed by atoms with Gasteiger partial charge in [0.1, 0.15) is 0 Å². The smallest absolute Gasteiger partial charge is 0.227 e. The van der Waals surface area contributed by atoms with Gasteiger partial charge >= 0.3 is 0 Å². The van der Waals surface area contributed by atoms with Crippen LogP contribution in [0.5, 0.6) is 0 Å². The van der Waals surface area contributed by atoms with Gasteiger partial charge < -0.3 is 10.0 Å². The van der Waals surface area contributed by atoms with Crippen molar-refractivity contribution in [2.75, 3.05) is 11.9 Å². The molecule has 3 heteroatoms. The van der Waals surface area contributed by atoms with Crippen LogP contribution in [0.2, 0.25) is 0 Å². The van der Waals surface area contributed by atoms with Gasteiger partial charge in [0.15, 0.2) is 0 Å². The molecule has 1 aliphatic heterocycles. The highest BCUT2D eigenvalue weighted by atomic mass is 16.3. The summed E-state index contributed by atoms with van der Waals surface area (Å²) in [5.74, 6) is 0.160. The number of rotatable bonds is 1. The van der Waals surface area contributed by atoms with E-state index in [9.17, 15) is 9.90 Å². The van der Waals surface area contributed by atoms with Gasteiger partial charge in [-0.2, -0.15) is 0 Å². The largest absolute Gasteiger partial charge is 0.389 e. The average Bonchev–Trinajstić information content (AvgIpc) is 2.23. The average molecular weight is 205 g/mol. The van der Waals surface area contributed by atoms with Crippen LogP contribution >= 0.6 is 0 Å². The van der Waals surface area contributed by atoms with Gasteiger partial charge in [-0.05, 0) is 30.5 Å². The Morgan fingerprint density at radius 2 is 2.13 bits per heavy atom. The predicted octanol–water partition coefficient (Wildman–Crippen LogP) is 1.65. The maximum Gasteiger partial charge on any atom is 0.227 e. The van der Waals surface area contributed by atoms with E-state index in [4.69, 9.17) is 0 Å². The number of hydrogen-bond acceptors (Lipinski definition) is 2. The van der Waals surface area contributed by atoms with E-state index >= 15 is 0 Å². The molecule has 1 aromatic carbocycles. The summed E-state index contributed by atoms with van der Waals surface area (Å²) in [6.45, 7) is 1.75. The molecule has 0 radical (unpaired) electrons. The number of aliphatic hydroxyl groups excluding tert-OH is 1. The minimum Gasteiger partial charge on any atom is -0.389 e. The second-order valence-corrected chi connectivity index (χ2v) is 4.02. The van der Waals surface area contributed by atoms with Gasteiger partial charge in [-0.3, -0.25) is 4.79 Å². The Balaban J connectivity index is 2.42. The van der Waals surface area contributed by atoms with Crippen LogP contribution in [-0.4, -0.2) is 18.1 Å². The molecule has 0 saturated carbocycles. The molecule has 0 aromatic heterocycles. The highest BCUT2D eigenvalue weighted by molar-refractivity contribution is 5.95. The molecule has 1 aliphatic rings. The van der Waals surface area contributed by atoms with Crippen LogP contribution in [0.25, 0.3) is 0 Å². The normalized spacial score (nSPS) is 17.5. The number of nitrogens with zero attached hydrogens (tertiary/aromatic N) is 1. The van der Waals surface area contributed by atoms with Crippen molar-refractivity contribution in [1.82, 2.24) is 0 Å². The van der Waals surface area contributed by atoms with Gasteiger partial charge in [0.25, 0.3) is 0 Å². The van der Waals surface area contributed by atoms with E-state index in [-0.39, 0.29) is 5.91 Å². The number of aryl methyl sites for hydroxylation is 1. The highest BCUT2D eigenvalue weighted by Crippen LogP contribution is 2.29. The summed E-state index contributed by atoms with van der Waals surface area (Å²) in [5.41, 5.74) is 3.03. The molecular weight excluding hydrogens is 190 g/mol. The third kappa shape index (κ3) is 1.75. The van der Waals surface area contributed by atoms with Crippen molar-refractivity contribution < 1.29 is 9.90 Å². The number of benzene rings is 1. The molecule has 0 aliphatic carbocycles. The lowest BCUT2D eigenvalue weighted by molar-refractivity contribution is -0.118. The molecule has 1 aromatic rings. The number of anilines is 1.